The van der Waals surface area contributed by atoms with Crippen molar-refractivity contribution < 1.29 is 0 Å². The standard InChI is InChI=1S/C20H30N2Si/c1-13-9-15(3)19(16(4)10-13)21-23(7,8)22-20-17(5)11-14(2)12-18(20)6/h9-12,21-22H,1-8H3. The van der Waals surface area contributed by atoms with E-state index >= 15 is 0 Å². The van der Waals surface area contributed by atoms with Gasteiger partial charge in [-0.1, -0.05) is 35.4 Å². The average molecular weight is 327 g/mol. The molecular weight excluding hydrogens is 296 g/mol. The van der Waals surface area contributed by atoms with Crippen molar-refractivity contribution in [1.82, 2.24) is 0 Å². The predicted octanol–water partition coefficient (Wildman–Crippen LogP) is 5.76. The van der Waals surface area contributed by atoms with Gasteiger partial charge in [0, 0.05) is 11.4 Å². The van der Waals surface area contributed by atoms with Gasteiger partial charge in [0.2, 0.25) is 0 Å². The first kappa shape index (κ1) is 17.6. The monoisotopic (exact) mass is 326 g/mol. The summed E-state index contributed by atoms with van der Waals surface area (Å²) in [6.45, 7) is 17.7. The summed E-state index contributed by atoms with van der Waals surface area (Å²) in [6, 6.07) is 9.01. The van der Waals surface area contributed by atoms with Crippen LogP contribution < -0.4 is 9.96 Å². The van der Waals surface area contributed by atoms with Gasteiger partial charge >= 0.3 is 0 Å². The molecule has 0 aliphatic heterocycles. The van der Waals surface area contributed by atoms with Gasteiger partial charge < -0.3 is 9.96 Å². The van der Waals surface area contributed by atoms with E-state index in [1.807, 2.05) is 0 Å². The summed E-state index contributed by atoms with van der Waals surface area (Å²) in [7, 11) is -1.85. The van der Waals surface area contributed by atoms with Crippen LogP contribution in [0.5, 0.6) is 0 Å². The Labute approximate surface area is 142 Å². The molecule has 0 aromatic heterocycles. The molecule has 0 radical (unpaired) electrons. The Bertz CT molecular complexity index is 625. The van der Waals surface area contributed by atoms with Crippen LogP contribution in [0.2, 0.25) is 13.1 Å². The molecule has 2 aromatic carbocycles. The smallest absolute Gasteiger partial charge is 0.252 e. The van der Waals surface area contributed by atoms with Crippen LogP contribution in [0.15, 0.2) is 24.3 Å². The lowest BCUT2D eigenvalue weighted by Gasteiger charge is -2.31. The third-order valence-corrected chi connectivity index (χ3v) is 5.98. The molecule has 0 fully saturated rings. The lowest BCUT2D eigenvalue weighted by molar-refractivity contribution is 1.30. The quantitative estimate of drug-likeness (QED) is 0.698. The fourth-order valence-corrected chi connectivity index (χ4v) is 5.51. The largest absolute Gasteiger partial charge is 0.394 e. The van der Waals surface area contributed by atoms with E-state index in [0.717, 1.165) is 0 Å². The number of benzene rings is 2. The summed E-state index contributed by atoms with van der Waals surface area (Å²) in [5.41, 5.74) is 10.5. The van der Waals surface area contributed by atoms with Crippen LogP contribution in [0, 0.1) is 41.5 Å². The molecule has 2 aromatic rings. The molecule has 23 heavy (non-hydrogen) atoms. The molecule has 0 unspecified atom stereocenters. The second kappa shape index (κ2) is 6.40. The molecule has 2 rings (SSSR count). The molecular formula is C20H30N2Si. The molecule has 2 N–H and O–H groups in total. The van der Waals surface area contributed by atoms with Crippen LogP contribution in [0.3, 0.4) is 0 Å². The maximum atomic E-state index is 3.83. The molecule has 0 aliphatic rings. The lowest BCUT2D eigenvalue weighted by Crippen LogP contribution is -2.46. The minimum atomic E-state index is -1.85. The second-order valence-electron chi connectivity index (χ2n) is 7.42. The molecule has 3 heteroatoms. The third-order valence-electron chi connectivity index (χ3n) is 4.23. The van der Waals surface area contributed by atoms with Crippen molar-refractivity contribution in [3.8, 4) is 0 Å². The van der Waals surface area contributed by atoms with E-state index in [4.69, 9.17) is 0 Å². The maximum absolute atomic E-state index is 3.83. The summed E-state index contributed by atoms with van der Waals surface area (Å²) in [6.07, 6.45) is 0. The van der Waals surface area contributed by atoms with Gasteiger partial charge in [-0.3, -0.25) is 0 Å². The van der Waals surface area contributed by atoms with Gasteiger partial charge in [0.15, 0.2) is 0 Å². The summed E-state index contributed by atoms with van der Waals surface area (Å²) >= 11 is 0. The molecule has 2 nitrogen and oxygen atoms in total. The first-order chi connectivity index (χ1) is 10.6. The third kappa shape index (κ3) is 4.17. The van der Waals surface area contributed by atoms with Crippen molar-refractivity contribution in [2.45, 2.75) is 54.6 Å². The first-order valence-corrected chi connectivity index (χ1v) is 11.3. The average Bonchev–Trinajstić information content (AvgIpc) is 2.38. The highest BCUT2D eigenvalue weighted by atomic mass is 28.3. The number of anilines is 2. The van der Waals surface area contributed by atoms with Crippen LogP contribution in [-0.4, -0.2) is 8.40 Å². The van der Waals surface area contributed by atoms with Crippen LogP contribution in [-0.2, 0) is 0 Å². The SMILES string of the molecule is Cc1cc(C)c(N[Si](C)(C)Nc2c(C)cc(C)cc2C)c(C)c1. The molecule has 0 spiro atoms. The fourth-order valence-electron chi connectivity index (χ4n) is 3.41. The van der Waals surface area contributed by atoms with E-state index < -0.39 is 8.40 Å². The Morgan fingerprint density at radius 3 is 1.09 bits per heavy atom. The number of aryl methyl sites for hydroxylation is 6. The zero-order valence-corrected chi connectivity index (χ0v) is 16.8. The molecule has 0 saturated carbocycles. The van der Waals surface area contributed by atoms with E-state index in [9.17, 15) is 0 Å². The normalized spacial score (nSPS) is 11.5. The van der Waals surface area contributed by atoms with Gasteiger partial charge in [0.1, 0.15) is 0 Å². The second-order valence-corrected chi connectivity index (χ2v) is 11.2. The Balaban J connectivity index is 2.30. The van der Waals surface area contributed by atoms with E-state index in [1.165, 1.54) is 44.8 Å². The minimum Gasteiger partial charge on any atom is -0.394 e. The van der Waals surface area contributed by atoms with Gasteiger partial charge in [0.05, 0.1) is 0 Å². The Morgan fingerprint density at radius 1 is 0.565 bits per heavy atom. The fraction of sp³-hybridized carbons (Fsp3) is 0.400. The maximum Gasteiger partial charge on any atom is 0.252 e. The highest BCUT2D eigenvalue weighted by molar-refractivity contribution is 6.83. The van der Waals surface area contributed by atoms with Gasteiger partial charge in [-0.25, -0.2) is 0 Å². The molecule has 0 bridgehead atoms. The van der Waals surface area contributed by atoms with E-state index in [0.29, 0.717) is 0 Å². The number of nitrogens with one attached hydrogen (secondary N) is 2. The topological polar surface area (TPSA) is 24.1 Å². The van der Waals surface area contributed by atoms with Crippen LogP contribution in [0.4, 0.5) is 11.4 Å². The van der Waals surface area contributed by atoms with Gasteiger partial charge in [-0.05, 0) is 76.9 Å². The lowest BCUT2D eigenvalue weighted by atomic mass is 10.1. The number of hydrogen-bond acceptors (Lipinski definition) is 2. The summed E-state index contributed by atoms with van der Waals surface area (Å²) in [4.78, 5) is 7.65. The molecule has 0 heterocycles. The summed E-state index contributed by atoms with van der Waals surface area (Å²) < 4.78 is 0. The summed E-state index contributed by atoms with van der Waals surface area (Å²) in [5.74, 6) is 0. The molecule has 0 amide bonds. The highest BCUT2D eigenvalue weighted by Crippen LogP contribution is 2.27. The van der Waals surface area contributed by atoms with Gasteiger partial charge in [-0.2, -0.15) is 0 Å². The van der Waals surface area contributed by atoms with Gasteiger partial charge in [-0.15, -0.1) is 0 Å². The van der Waals surface area contributed by atoms with E-state index in [1.54, 1.807) is 0 Å². The number of hydrogen-bond donors (Lipinski definition) is 2. The molecule has 0 atom stereocenters. The van der Waals surface area contributed by atoms with Crippen molar-refractivity contribution >= 4 is 19.8 Å². The zero-order valence-electron chi connectivity index (χ0n) is 15.8. The van der Waals surface area contributed by atoms with Crippen molar-refractivity contribution in [3.63, 3.8) is 0 Å². The Kier molecular flexibility index (Phi) is 4.90. The van der Waals surface area contributed by atoms with Crippen LogP contribution in [0.1, 0.15) is 33.4 Å². The number of rotatable bonds is 4. The summed E-state index contributed by atoms with van der Waals surface area (Å²) in [5, 5.41) is 0. The molecule has 124 valence electrons. The molecule has 0 aliphatic carbocycles. The van der Waals surface area contributed by atoms with Gasteiger partial charge in [0.25, 0.3) is 8.40 Å². The minimum absolute atomic E-state index is 1.28. The van der Waals surface area contributed by atoms with E-state index in [-0.39, 0.29) is 0 Å². The van der Waals surface area contributed by atoms with E-state index in [2.05, 4.69) is 88.9 Å². The Hall–Kier alpha value is -1.74. The van der Waals surface area contributed by atoms with Crippen LogP contribution in [0.25, 0.3) is 0 Å². The van der Waals surface area contributed by atoms with Crippen molar-refractivity contribution in [2.75, 3.05) is 9.96 Å². The first-order valence-electron chi connectivity index (χ1n) is 8.31. The van der Waals surface area contributed by atoms with Crippen molar-refractivity contribution in [1.29, 1.82) is 0 Å². The highest BCUT2D eigenvalue weighted by Gasteiger charge is 2.24. The Morgan fingerprint density at radius 2 is 0.826 bits per heavy atom. The predicted molar refractivity (Wildman–Crippen MR) is 106 cm³/mol. The van der Waals surface area contributed by atoms with Crippen molar-refractivity contribution in [3.05, 3.63) is 57.6 Å². The van der Waals surface area contributed by atoms with Crippen molar-refractivity contribution in [2.24, 2.45) is 0 Å². The molecule has 0 saturated heterocycles. The zero-order chi connectivity index (χ0) is 17.4. The van der Waals surface area contributed by atoms with Crippen LogP contribution >= 0.6 is 0 Å².